The van der Waals surface area contributed by atoms with E-state index in [1.54, 1.807) is 5.57 Å². The molecule has 0 N–H and O–H groups in total. The molecule has 1 aromatic rings. The van der Waals surface area contributed by atoms with Crippen LogP contribution in [-0.2, 0) is 0 Å². The van der Waals surface area contributed by atoms with Crippen LogP contribution in [0.3, 0.4) is 0 Å². The normalized spacial score (nSPS) is 15.2. The van der Waals surface area contributed by atoms with Crippen LogP contribution < -0.4 is 0 Å². The van der Waals surface area contributed by atoms with Gasteiger partial charge in [-0.1, -0.05) is 68.4 Å². The van der Waals surface area contributed by atoms with Gasteiger partial charge in [0.15, 0.2) is 0 Å². The van der Waals surface area contributed by atoms with Gasteiger partial charge in [0.1, 0.15) is 0 Å². The van der Waals surface area contributed by atoms with Crippen LogP contribution >= 0.6 is 11.8 Å². The van der Waals surface area contributed by atoms with Crippen LogP contribution in [0.4, 0.5) is 0 Å². The zero-order valence-electron chi connectivity index (χ0n) is 12.3. The highest BCUT2D eigenvalue weighted by Gasteiger charge is 2.21. The fraction of sp³-hybridized carbons (Fsp3) is 0.556. The Balaban J connectivity index is 1.76. The molecule has 0 heterocycles. The lowest BCUT2D eigenvalue weighted by Gasteiger charge is -2.14. The SMILES string of the molecule is CCCCCCCC(Sc1ccc(C)cc1)C1=CC1. The molecule has 104 valence electrons. The molecule has 1 aromatic carbocycles. The molecule has 1 unspecified atom stereocenters. The molecule has 1 aliphatic rings. The Bertz CT molecular complexity index is 402. The molecular weight excluding hydrogens is 248 g/mol. The largest absolute Gasteiger partial charge is 0.118 e. The first-order chi connectivity index (χ1) is 9.29. The van der Waals surface area contributed by atoms with E-state index in [0.29, 0.717) is 0 Å². The molecule has 2 rings (SSSR count). The smallest absolute Gasteiger partial charge is 0.0306 e. The minimum absolute atomic E-state index is 0.740. The van der Waals surface area contributed by atoms with Crippen LogP contribution in [0.25, 0.3) is 0 Å². The fourth-order valence-corrected chi connectivity index (χ4v) is 3.61. The number of benzene rings is 1. The summed E-state index contributed by atoms with van der Waals surface area (Å²) in [6, 6.07) is 8.99. The van der Waals surface area contributed by atoms with Gasteiger partial charge >= 0.3 is 0 Å². The van der Waals surface area contributed by atoms with Crippen molar-refractivity contribution < 1.29 is 0 Å². The lowest BCUT2D eigenvalue weighted by Crippen LogP contribution is -2.00. The second kappa shape index (κ2) is 7.79. The molecule has 0 saturated carbocycles. The Morgan fingerprint density at radius 2 is 1.74 bits per heavy atom. The zero-order valence-corrected chi connectivity index (χ0v) is 13.1. The standard InChI is InChI=1S/C18H26S/c1-3-4-5-6-7-8-18(16-11-12-16)19-17-13-9-15(2)10-14-17/h9-11,13-14,18H,3-8,12H2,1-2H3. The topological polar surface area (TPSA) is 0 Å². The third kappa shape index (κ3) is 5.44. The Morgan fingerprint density at radius 1 is 1.05 bits per heavy atom. The van der Waals surface area contributed by atoms with Crippen molar-refractivity contribution in [2.75, 3.05) is 0 Å². The molecule has 0 amide bonds. The Kier molecular flexibility index (Phi) is 6.03. The van der Waals surface area contributed by atoms with Crippen LogP contribution in [0, 0.1) is 6.92 Å². The van der Waals surface area contributed by atoms with Gasteiger partial charge in [0, 0.05) is 10.1 Å². The summed E-state index contributed by atoms with van der Waals surface area (Å²) in [6.07, 6.45) is 12.0. The van der Waals surface area contributed by atoms with Gasteiger partial charge in [-0.05, 0) is 31.9 Å². The summed E-state index contributed by atoms with van der Waals surface area (Å²) in [6.45, 7) is 4.44. The lowest BCUT2D eigenvalue weighted by molar-refractivity contribution is 0.612. The predicted molar refractivity (Wildman–Crippen MR) is 86.9 cm³/mol. The van der Waals surface area contributed by atoms with E-state index in [4.69, 9.17) is 0 Å². The fourth-order valence-electron chi connectivity index (χ4n) is 2.36. The minimum Gasteiger partial charge on any atom is -0.118 e. The van der Waals surface area contributed by atoms with Gasteiger partial charge < -0.3 is 0 Å². The number of allylic oxidation sites excluding steroid dienone is 1. The van der Waals surface area contributed by atoms with Crippen molar-refractivity contribution in [3.8, 4) is 0 Å². The maximum atomic E-state index is 2.40. The molecule has 0 aromatic heterocycles. The number of unbranched alkanes of at least 4 members (excludes halogenated alkanes) is 4. The van der Waals surface area contributed by atoms with E-state index in [2.05, 4.69) is 56.0 Å². The molecule has 1 atom stereocenters. The van der Waals surface area contributed by atoms with E-state index < -0.39 is 0 Å². The molecular formula is C18H26S. The summed E-state index contributed by atoms with van der Waals surface area (Å²) in [4.78, 5) is 1.43. The molecule has 19 heavy (non-hydrogen) atoms. The summed E-state index contributed by atoms with van der Waals surface area (Å²) in [7, 11) is 0. The molecule has 1 aliphatic carbocycles. The van der Waals surface area contributed by atoms with Gasteiger partial charge in [-0.2, -0.15) is 0 Å². The van der Waals surface area contributed by atoms with Crippen LogP contribution in [0.15, 0.2) is 40.8 Å². The summed E-state index contributed by atoms with van der Waals surface area (Å²) in [5.74, 6) is 0. The molecule has 0 nitrogen and oxygen atoms in total. The predicted octanol–water partition coefficient (Wildman–Crippen LogP) is 6.15. The highest BCUT2D eigenvalue weighted by molar-refractivity contribution is 8.00. The summed E-state index contributed by atoms with van der Waals surface area (Å²) in [5, 5.41) is 0.740. The van der Waals surface area contributed by atoms with Gasteiger partial charge in [0.25, 0.3) is 0 Å². The summed E-state index contributed by atoms with van der Waals surface area (Å²) in [5.41, 5.74) is 3.03. The third-order valence-electron chi connectivity index (χ3n) is 3.72. The van der Waals surface area contributed by atoms with Crippen LogP contribution in [0.1, 0.15) is 57.4 Å². The second-order valence-electron chi connectivity index (χ2n) is 5.61. The number of rotatable bonds is 9. The van der Waals surface area contributed by atoms with Gasteiger partial charge in [0.05, 0.1) is 0 Å². The molecule has 0 spiro atoms. The molecule has 1 heteroatoms. The quantitative estimate of drug-likeness (QED) is 0.296. The monoisotopic (exact) mass is 274 g/mol. The molecule has 0 saturated heterocycles. The minimum atomic E-state index is 0.740. The van der Waals surface area contributed by atoms with E-state index in [1.807, 2.05) is 0 Å². The van der Waals surface area contributed by atoms with E-state index >= 15 is 0 Å². The van der Waals surface area contributed by atoms with Crippen LogP contribution in [0.5, 0.6) is 0 Å². The average Bonchev–Trinajstić information content (AvgIpc) is 3.24. The first-order valence-corrected chi connectivity index (χ1v) is 8.60. The molecule has 0 bridgehead atoms. The maximum absolute atomic E-state index is 2.40. The van der Waals surface area contributed by atoms with Crippen molar-refractivity contribution in [1.29, 1.82) is 0 Å². The van der Waals surface area contributed by atoms with Gasteiger partial charge in [-0.3, -0.25) is 0 Å². The highest BCUT2D eigenvalue weighted by Crippen LogP contribution is 2.38. The summed E-state index contributed by atoms with van der Waals surface area (Å²) < 4.78 is 0. The lowest BCUT2D eigenvalue weighted by atomic mass is 10.1. The van der Waals surface area contributed by atoms with E-state index in [-0.39, 0.29) is 0 Å². The van der Waals surface area contributed by atoms with Gasteiger partial charge in [-0.25, -0.2) is 0 Å². The van der Waals surface area contributed by atoms with Crippen molar-refractivity contribution in [3.05, 3.63) is 41.5 Å². The van der Waals surface area contributed by atoms with Crippen molar-refractivity contribution in [2.24, 2.45) is 0 Å². The first-order valence-electron chi connectivity index (χ1n) is 7.72. The molecule has 0 radical (unpaired) electrons. The molecule has 0 aliphatic heterocycles. The first kappa shape index (κ1) is 14.7. The maximum Gasteiger partial charge on any atom is 0.0306 e. The van der Waals surface area contributed by atoms with E-state index in [9.17, 15) is 0 Å². The van der Waals surface area contributed by atoms with Crippen molar-refractivity contribution in [3.63, 3.8) is 0 Å². The van der Waals surface area contributed by atoms with Crippen LogP contribution in [0.2, 0.25) is 0 Å². The summed E-state index contributed by atoms with van der Waals surface area (Å²) >= 11 is 2.06. The van der Waals surface area contributed by atoms with Gasteiger partial charge in [-0.15, -0.1) is 11.8 Å². The van der Waals surface area contributed by atoms with Crippen LogP contribution in [-0.4, -0.2) is 5.25 Å². The highest BCUT2D eigenvalue weighted by atomic mass is 32.2. The number of thioether (sulfide) groups is 1. The number of hydrogen-bond donors (Lipinski definition) is 0. The number of hydrogen-bond acceptors (Lipinski definition) is 1. The van der Waals surface area contributed by atoms with Crippen molar-refractivity contribution in [1.82, 2.24) is 0 Å². The second-order valence-corrected chi connectivity index (χ2v) is 6.88. The molecule has 0 fully saturated rings. The van der Waals surface area contributed by atoms with E-state index in [0.717, 1.165) is 5.25 Å². The van der Waals surface area contributed by atoms with Crippen molar-refractivity contribution in [2.45, 2.75) is 68.9 Å². The van der Waals surface area contributed by atoms with Crippen molar-refractivity contribution >= 4 is 11.8 Å². The Hall–Kier alpha value is -0.690. The number of aryl methyl sites for hydroxylation is 1. The third-order valence-corrected chi connectivity index (χ3v) is 5.09. The zero-order chi connectivity index (χ0) is 13.5. The van der Waals surface area contributed by atoms with E-state index in [1.165, 1.54) is 55.4 Å². The Labute approximate surface area is 122 Å². The Morgan fingerprint density at radius 3 is 2.37 bits per heavy atom. The van der Waals surface area contributed by atoms with Gasteiger partial charge in [0.2, 0.25) is 0 Å². The average molecular weight is 274 g/mol.